The molecule has 0 bridgehead atoms. The molecule has 2 aromatic carbocycles. The van der Waals surface area contributed by atoms with Crippen LogP contribution < -0.4 is 20.1 Å². The van der Waals surface area contributed by atoms with Crippen LogP contribution in [0, 0.1) is 0 Å². The second kappa shape index (κ2) is 11.3. The van der Waals surface area contributed by atoms with Gasteiger partial charge in [0.25, 0.3) is 5.91 Å². The van der Waals surface area contributed by atoms with Crippen molar-refractivity contribution < 1.29 is 19.0 Å². The summed E-state index contributed by atoms with van der Waals surface area (Å²) in [6, 6.07) is 14.4. The summed E-state index contributed by atoms with van der Waals surface area (Å²) in [7, 11) is 0. The van der Waals surface area contributed by atoms with Crippen molar-refractivity contribution in [2.45, 2.75) is 26.9 Å². The number of hydrogen-bond acceptors (Lipinski definition) is 5. The number of carbonyl (C=O) groups is 1. The molecule has 150 valence electrons. The molecule has 0 aliphatic heterocycles. The monoisotopic (exact) mass is 402 g/mol. The van der Waals surface area contributed by atoms with Crippen LogP contribution in [0.15, 0.2) is 48.5 Å². The largest absolute Gasteiger partial charge is 0.490 e. The Morgan fingerprint density at radius 1 is 1.04 bits per heavy atom. The lowest BCUT2D eigenvalue weighted by atomic mass is 10.2. The van der Waals surface area contributed by atoms with Crippen molar-refractivity contribution in [2.24, 2.45) is 0 Å². The molecule has 0 aliphatic carbocycles. The first-order chi connectivity index (χ1) is 13.5. The lowest BCUT2D eigenvalue weighted by Crippen LogP contribution is -2.34. The minimum atomic E-state index is -0.355. The van der Waals surface area contributed by atoms with Crippen LogP contribution in [0.3, 0.4) is 0 Å². The standard InChI is InChI=1S/C21H26N2O4S/c1-4-25-13-14-26-18-11-7-5-9-16(18)20(24)23-21(28)22-17-10-6-8-12-19(17)27-15(2)3/h5-12,15H,4,13-14H2,1-3H3,(H2,22,23,24,28). The number of rotatable bonds is 9. The highest BCUT2D eigenvalue weighted by atomic mass is 32.1. The maximum absolute atomic E-state index is 12.6. The van der Waals surface area contributed by atoms with Gasteiger partial charge >= 0.3 is 0 Å². The lowest BCUT2D eigenvalue weighted by molar-refractivity contribution is 0.0958. The van der Waals surface area contributed by atoms with Gasteiger partial charge in [-0.25, -0.2) is 0 Å². The van der Waals surface area contributed by atoms with Gasteiger partial charge in [-0.1, -0.05) is 24.3 Å². The number of para-hydroxylation sites is 3. The van der Waals surface area contributed by atoms with Gasteiger partial charge in [-0.15, -0.1) is 0 Å². The molecule has 0 unspecified atom stereocenters. The van der Waals surface area contributed by atoms with Gasteiger partial charge in [0.05, 0.1) is 24.0 Å². The van der Waals surface area contributed by atoms with Gasteiger partial charge in [0.2, 0.25) is 0 Å². The fourth-order valence-corrected chi connectivity index (χ4v) is 2.59. The predicted octanol–water partition coefficient (Wildman–Crippen LogP) is 4.02. The number of nitrogens with one attached hydrogen (secondary N) is 2. The topological polar surface area (TPSA) is 68.8 Å². The van der Waals surface area contributed by atoms with E-state index in [1.54, 1.807) is 18.2 Å². The molecular weight excluding hydrogens is 376 g/mol. The Labute approximate surface area is 171 Å². The second-order valence-electron chi connectivity index (χ2n) is 6.11. The number of carbonyl (C=O) groups excluding carboxylic acids is 1. The van der Waals surface area contributed by atoms with E-state index in [0.29, 0.717) is 42.6 Å². The summed E-state index contributed by atoms with van der Waals surface area (Å²) >= 11 is 5.29. The molecule has 2 N–H and O–H groups in total. The van der Waals surface area contributed by atoms with Gasteiger partial charge in [0.1, 0.15) is 18.1 Å². The fraction of sp³-hybridized carbons (Fsp3) is 0.333. The van der Waals surface area contributed by atoms with Crippen molar-refractivity contribution in [1.82, 2.24) is 5.32 Å². The maximum Gasteiger partial charge on any atom is 0.261 e. The number of thiocarbonyl (C=S) groups is 1. The molecule has 0 spiro atoms. The van der Waals surface area contributed by atoms with E-state index in [1.807, 2.05) is 51.1 Å². The van der Waals surface area contributed by atoms with Crippen molar-refractivity contribution in [2.75, 3.05) is 25.1 Å². The van der Waals surface area contributed by atoms with Crippen molar-refractivity contribution in [1.29, 1.82) is 0 Å². The summed E-state index contributed by atoms with van der Waals surface area (Å²) in [6.45, 7) is 7.24. The normalized spacial score (nSPS) is 10.4. The van der Waals surface area contributed by atoms with E-state index in [1.165, 1.54) is 0 Å². The molecule has 0 saturated heterocycles. The van der Waals surface area contributed by atoms with Crippen LogP contribution >= 0.6 is 12.2 Å². The molecule has 0 radical (unpaired) electrons. The molecule has 0 fully saturated rings. The zero-order valence-electron chi connectivity index (χ0n) is 16.4. The minimum Gasteiger partial charge on any atom is -0.490 e. The van der Waals surface area contributed by atoms with Crippen molar-refractivity contribution in [3.8, 4) is 11.5 Å². The summed E-state index contributed by atoms with van der Waals surface area (Å²) < 4.78 is 16.7. The van der Waals surface area contributed by atoms with E-state index < -0.39 is 0 Å². The number of hydrogen-bond donors (Lipinski definition) is 2. The number of ether oxygens (including phenoxy) is 3. The Hall–Kier alpha value is -2.64. The molecule has 2 aromatic rings. The summed E-state index contributed by atoms with van der Waals surface area (Å²) in [6.07, 6.45) is 0.0202. The molecule has 2 rings (SSSR count). The summed E-state index contributed by atoms with van der Waals surface area (Å²) in [5, 5.41) is 5.87. The van der Waals surface area contributed by atoms with Crippen LogP contribution in [-0.2, 0) is 4.74 Å². The van der Waals surface area contributed by atoms with Crippen LogP contribution in [0.5, 0.6) is 11.5 Å². The Morgan fingerprint density at radius 2 is 1.71 bits per heavy atom. The van der Waals surface area contributed by atoms with Crippen LogP contribution in [0.25, 0.3) is 0 Å². The summed E-state index contributed by atoms with van der Waals surface area (Å²) in [5.41, 5.74) is 1.08. The van der Waals surface area contributed by atoms with E-state index in [2.05, 4.69) is 10.6 Å². The Kier molecular flexibility index (Phi) is 8.71. The Morgan fingerprint density at radius 3 is 2.43 bits per heavy atom. The lowest BCUT2D eigenvalue weighted by Gasteiger charge is -2.16. The summed E-state index contributed by atoms with van der Waals surface area (Å²) in [5.74, 6) is 0.784. The van der Waals surface area contributed by atoms with E-state index in [0.717, 1.165) is 0 Å². The first-order valence-electron chi connectivity index (χ1n) is 9.18. The minimum absolute atomic E-state index is 0.0202. The first-order valence-corrected chi connectivity index (χ1v) is 9.59. The summed E-state index contributed by atoms with van der Waals surface area (Å²) in [4.78, 5) is 12.6. The first kappa shape index (κ1) is 21.7. The molecule has 28 heavy (non-hydrogen) atoms. The molecule has 0 atom stereocenters. The predicted molar refractivity (Wildman–Crippen MR) is 114 cm³/mol. The zero-order valence-corrected chi connectivity index (χ0v) is 17.2. The highest BCUT2D eigenvalue weighted by Crippen LogP contribution is 2.25. The zero-order chi connectivity index (χ0) is 20.4. The second-order valence-corrected chi connectivity index (χ2v) is 6.52. The molecular formula is C21H26N2O4S. The van der Waals surface area contributed by atoms with Crippen LogP contribution in [-0.4, -0.2) is 36.9 Å². The molecule has 0 saturated carbocycles. The maximum atomic E-state index is 12.6. The van der Waals surface area contributed by atoms with Crippen LogP contribution in [0.1, 0.15) is 31.1 Å². The highest BCUT2D eigenvalue weighted by Gasteiger charge is 2.14. The average Bonchev–Trinajstić information content (AvgIpc) is 2.66. The van der Waals surface area contributed by atoms with Crippen molar-refractivity contribution >= 4 is 28.9 Å². The van der Waals surface area contributed by atoms with Crippen molar-refractivity contribution in [3.05, 3.63) is 54.1 Å². The highest BCUT2D eigenvalue weighted by molar-refractivity contribution is 7.80. The number of amides is 1. The third-order valence-electron chi connectivity index (χ3n) is 3.55. The average molecular weight is 403 g/mol. The van der Waals surface area contributed by atoms with Gasteiger partial charge < -0.3 is 19.5 Å². The van der Waals surface area contributed by atoms with Gasteiger partial charge in [-0.2, -0.15) is 0 Å². The van der Waals surface area contributed by atoms with Gasteiger partial charge in [-0.3, -0.25) is 10.1 Å². The van der Waals surface area contributed by atoms with Gasteiger partial charge in [0.15, 0.2) is 5.11 Å². The van der Waals surface area contributed by atoms with Crippen LogP contribution in [0.4, 0.5) is 5.69 Å². The molecule has 0 heterocycles. The number of benzene rings is 2. The third kappa shape index (κ3) is 6.83. The quantitative estimate of drug-likeness (QED) is 0.488. The third-order valence-corrected chi connectivity index (χ3v) is 3.75. The number of anilines is 1. The molecule has 0 aromatic heterocycles. The van der Waals surface area contributed by atoms with Gasteiger partial charge in [-0.05, 0) is 57.3 Å². The van der Waals surface area contributed by atoms with Crippen LogP contribution in [0.2, 0.25) is 0 Å². The fourth-order valence-electron chi connectivity index (χ4n) is 2.39. The van der Waals surface area contributed by atoms with Gasteiger partial charge in [0, 0.05) is 6.61 Å². The smallest absolute Gasteiger partial charge is 0.261 e. The molecule has 6 nitrogen and oxygen atoms in total. The SMILES string of the molecule is CCOCCOc1ccccc1C(=O)NC(=S)Nc1ccccc1OC(C)C. The Bertz CT molecular complexity index is 795. The molecule has 0 aliphatic rings. The van der Waals surface area contributed by atoms with E-state index in [9.17, 15) is 4.79 Å². The molecule has 1 amide bonds. The van der Waals surface area contributed by atoms with E-state index in [4.69, 9.17) is 26.4 Å². The van der Waals surface area contributed by atoms with Crippen molar-refractivity contribution in [3.63, 3.8) is 0 Å². The molecule has 7 heteroatoms. The van der Waals surface area contributed by atoms with E-state index >= 15 is 0 Å². The Balaban J connectivity index is 2.01. The van der Waals surface area contributed by atoms with E-state index in [-0.39, 0.29) is 17.1 Å².